The van der Waals surface area contributed by atoms with Crippen LogP contribution in [0.25, 0.3) is 0 Å². The van der Waals surface area contributed by atoms with E-state index in [-0.39, 0.29) is 5.54 Å². The molecule has 0 unspecified atom stereocenters. The Hall–Kier alpha value is -1.35. The Balaban J connectivity index is 2.99. The quantitative estimate of drug-likeness (QED) is 0.770. The number of hydrogen-bond acceptors (Lipinski definition) is 2. The van der Waals surface area contributed by atoms with E-state index in [0.29, 0.717) is 5.56 Å². The Morgan fingerprint density at radius 2 is 1.79 bits per heavy atom. The highest BCUT2D eigenvalue weighted by Crippen LogP contribution is 2.19. The number of nitrogens with one attached hydrogen (secondary N) is 1. The van der Waals surface area contributed by atoms with Gasteiger partial charge in [-0.25, -0.2) is 4.79 Å². The first-order chi connectivity index (χ1) is 6.47. The molecule has 0 heterocycles. The molecule has 0 aliphatic carbocycles. The van der Waals surface area contributed by atoms with Crippen LogP contribution in [0.4, 0.5) is 0 Å². The highest BCUT2D eigenvalue weighted by molar-refractivity contribution is 5.87. The second kappa shape index (κ2) is 3.80. The minimum absolute atomic E-state index is 0.128. The van der Waals surface area contributed by atoms with E-state index in [1.165, 1.54) is 0 Å². The minimum Gasteiger partial charge on any atom is -0.478 e. The monoisotopic (exact) mass is 193 g/mol. The normalized spacial score (nSPS) is 11.4. The van der Waals surface area contributed by atoms with Crippen LogP contribution >= 0.6 is 0 Å². The van der Waals surface area contributed by atoms with Gasteiger partial charge in [-0.05, 0) is 38.6 Å². The molecule has 0 aliphatic rings. The van der Waals surface area contributed by atoms with Crippen LogP contribution < -0.4 is 5.32 Å². The lowest BCUT2D eigenvalue weighted by Crippen LogP contribution is -2.33. The van der Waals surface area contributed by atoms with Crippen molar-refractivity contribution < 1.29 is 9.90 Å². The van der Waals surface area contributed by atoms with E-state index in [1.54, 1.807) is 12.1 Å². The number of aromatic carboxylic acids is 1. The summed E-state index contributed by atoms with van der Waals surface area (Å²) in [5, 5.41) is 11.9. The topological polar surface area (TPSA) is 49.3 Å². The SMILES string of the molecule is CNC(C)(C)c1ccc(C(=O)O)cc1. The smallest absolute Gasteiger partial charge is 0.335 e. The standard InChI is InChI=1S/C11H15NO2/c1-11(2,12-3)9-6-4-8(5-7-9)10(13)14/h4-7,12H,1-3H3,(H,13,14). The maximum absolute atomic E-state index is 10.6. The number of hydrogen-bond donors (Lipinski definition) is 2. The van der Waals surface area contributed by atoms with Gasteiger partial charge in [-0.1, -0.05) is 12.1 Å². The summed E-state index contributed by atoms with van der Waals surface area (Å²) >= 11 is 0. The van der Waals surface area contributed by atoms with Gasteiger partial charge < -0.3 is 10.4 Å². The Labute approximate surface area is 83.8 Å². The zero-order chi connectivity index (χ0) is 10.8. The Bertz CT molecular complexity index is 328. The van der Waals surface area contributed by atoms with Crippen LogP contribution in [0.2, 0.25) is 0 Å². The molecule has 0 aliphatic heterocycles. The van der Waals surface area contributed by atoms with Crippen LogP contribution in [0, 0.1) is 0 Å². The van der Waals surface area contributed by atoms with E-state index in [2.05, 4.69) is 5.32 Å². The van der Waals surface area contributed by atoms with E-state index in [1.807, 2.05) is 33.0 Å². The van der Waals surface area contributed by atoms with E-state index in [0.717, 1.165) is 5.56 Å². The van der Waals surface area contributed by atoms with Crippen molar-refractivity contribution in [3.63, 3.8) is 0 Å². The molecule has 0 saturated carbocycles. The Morgan fingerprint density at radius 3 is 2.14 bits per heavy atom. The molecule has 0 amide bonds. The lowest BCUT2D eigenvalue weighted by Gasteiger charge is -2.24. The summed E-state index contributed by atoms with van der Waals surface area (Å²) in [6, 6.07) is 6.91. The van der Waals surface area contributed by atoms with Gasteiger partial charge in [-0.3, -0.25) is 0 Å². The molecule has 0 aromatic heterocycles. The molecular weight excluding hydrogens is 178 g/mol. The van der Waals surface area contributed by atoms with E-state index >= 15 is 0 Å². The molecular formula is C11H15NO2. The van der Waals surface area contributed by atoms with Gasteiger partial charge >= 0.3 is 5.97 Å². The van der Waals surface area contributed by atoms with Crippen LogP contribution in [0.15, 0.2) is 24.3 Å². The first-order valence-corrected chi connectivity index (χ1v) is 4.50. The van der Waals surface area contributed by atoms with Gasteiger partial charge in [0.2, 0.25) is 0 Å². The van der Waals surface area contributed by atoms with Crippen molar-refractivity contribution in [2.45, 2.75) is 19.4 Å². The van der Waals surface area contributed by atoms with Crippen molar-refractivity contribution >= 4 is 5.97 Å². The summed E-state index contributed by atoms with van der Waals surface area (Å²) in [5.41, 5.74) is 1.27. The highest BCUT2D eigenvalue weighted by atomic mass is 16.4. The molecule has 3 heteroatoms. The van der Waals surface area contributed by atoms with E-state index < -0.39 is 5.97 Å². The van der Waals surface area contributed by atoms with Crippen LogP contribution in [0.5, 0.6) is 0 Å². The largest absolute Gasteiger partial charge is 0.478 e. The summed E-state index contributed by atoms with van der Waals surface area (Å²) in [7, 11) is 1.88. The third-order valence-corrected chi connectivity index (χ3v) is 2.48. The first kappa shape index (κ1) is 10.7. The zero-order valence-electron chi connectivity index (χ0n) is 8.66. The van der Waals surface area contributed by atoms with Crippen LogP contribution in [0.1, 0.15) is 29.8 Å². The summed E-state index contributed by atoms with van der Waals surface area (Å²) in [6.45, 7) is 4.09. The predicted octanol–water partition coefficient (Wildman–Crippen LogP) is 1.84. The molecule has 0 fully saturated rings. The third-order valence-electron chi connectivity index (χ3n) is 2.48. The Kier molecular flexibility index (Phi) is 2.91. The molecule has 1 aromatic carbocycles. The maximum Gasteiger partial charge on any atom is 0.335 e. The van der Waals surface area contributed by atoms with Crippen molar-refractivity contribution in [3.05, 3.63) is 35.4 Å². The zero-order valence-corrected chi connectivity index (χ0v) is 8.66. The molecule has 76 valence electrons. The minimum atomic E-state index is -0.890. The number of rotatable bonds is 3. The van der Waals surface area contributed by atoms with E-state index in [9.17, 15) is 4.79 Å². The number of carbonyl (C=O) groups is 1. The fourth-order valence-corrected chi connectivity index (χ4v) is 1.17. The second-order valence-corrected chi connectivity index (χ2v) is 3.76. The highest BCUT2D eigenvalue weighted by Gasteiger charge is 2.17. The van der Waals surface area contributed by atoms with Gasteiger partial charge in [0.25, 0.3) is 0 Å². The summed E-state index contributed by atoms with van der Waals surface area (Å²) in [6.07, 6.45) is 0. The van der Waals surface area contributed by atoms with Crippen molar-refractivity contribution in [1.29, 1.82) is 0 Å². The first-order valence-electron chi connectivity index (χ1n) is 4.50. The summed E-state index contributed by atoms with van der Waals surface area (Å²) < 4.78 is 0. The number of carboxylic acid groups (broad SMARTS) is 1. The van der Waals surface area contributed by atoms with E-state index in [4.69, 9.17) is 5.11 Å². The maximum atomic E-state index is 10.6. The molecule has 0 spiro atoms. The molecule has 14 heavy (non-hydrogen) atoms. The van der Waals surface area contributed by atoms with Gasteiger partial charge in [0.1, 0.15) is 0 Å². The van der Waals surface area contributed by atoms with Gasteiger partial charge in [0, 0.05) is 5.54 Å². The average molecular weight is 193 g/mol. The summed E-state index contributed by atoms with van der Waals surface area (Å²) in [4.78, 5) is 10.6. The van der Waals surface area contributed by atoms with Gasteiger partial charge in [0.05, 0.1) is 5.56 Å². The second-order valence-electron chi connectivity index (χ2n) is 3.76. The molecule has 0 saturated heterocycles. The predicted molar refractivity (Wildman–Crippen MR) is 55.5 cm³/mol. The van der Waals surface area contributed by atoms with Crippen molar-refractivity contribution in [1.82, 2.24) is 5.32 Å². The number of benzene rings is 1. The lowest BCUT2D eigenvalue weighted by molar-refractivity contribution is 0.0697. The third kappa shape index (κ3) is 2.12. The fraction of sp³-hybridized carbons (Fsp3) is 0.364. The average Bonchev–Trinajstić information content (AvgIpc) is 2.18. The molecule has 0 atom stereocenters. The molecule has 0 radical (unpaired) electrons. The fourth-order valence-electron chi connectivity index (χ4n) is 1.17. The Morgan fingerprint density at radius 1 is 1.29 bits per heavy atom. The van der Waals surface area contributed by atoms with Crippen LogP contribution in [0.3, 0.4) is 0 Å². The van der Waals surface area contributed by atoms with Crippen molar-refractivity contribution in [2.75, 3.05) is 7.05 Å². The van der Waals surface area contributed by atoms with Gasteiger partial charge in [-0.2, -0.15) is 0 Å². The molecule has 1 aromatic rings. The van der Waals surface area contributed by atoms with Gasteiger partial charge in [-0.15, -0.1) is 0 Å². The van der Waals surface area contributed by atoms with Crippen LogP contribution in [-0.2, 0) is 5.54 Å². The molecule has 3 nitrogen and oxygen atoms in total. The molecule has 0 bridgehead atoms. The van der Waals surface area contributed by atoms with Crippen molar-refractivity contribution in [3.8, 4) is 0 Å². The van der Waals surface area contributed by atoms with Crippen LogP contribution in [-0.4, -0.2) is 18.1 Å². The number of carboxylic acids is 1. The van der Waals surface area contributed by atoms with Crippen molar-refractivity contribution in [2.24, 2.45) is 0 Å². The summed E-state index contributed by atoms with van der Waals surface area (Å²) in [5.74, 6) is -0.890. The molecule has 2 N–H and O–H groups in total. The van der Waals surface area contributed by atoms with Gasteiger partial charge in [0.15, 0.2) is 0 Å². The molecule has 1 rings (SSSR count). The lowest BCUT2D eigenvalue weighted by atomic mass is 9.94.